The Bertz CT molecular complexity index is 257. The molecule has 13 heavy (non-hydrogen) atoms. The third-order valence-electron chi connectivity index (χ3n) is 1.57. The van der Waals surface area contributed by atoms with Crippen LogP contribution < -0.4 is 0 Å². The predicted octanol–water partition coefficient (Wildman–Crippen LogP) is 1.60. The molecule has 3 heteroatoms. The molecule has 0 aromatic heterocycles. The molecule has 0 aliphatic rings. The van der Waals surface area contributed by atoms with Crippen LogP contribution in [-0.2, 0) is 17.1 Å². The molecule has 0 heterocycles. The minimum absolute atomic E-state index is 0. The van der Waals surface area contributed by atoms with Crippen LogP contribution >= 0.6 is 0 Å². The van der Waals surface area contributed by atoms with Crippen LogP contribution in [0.3, 0.4) is 0 Å². The van der Waals surface area contributed by atoms with E-state index in [4.69, 9.17) is 0 Å². The SMILES string of the molecule is CN(C)CC(=[N-])c1ccccc1.[Cu+]. The largest absolute Gasteiger partial charge is 1.00 e. The summed E-state index contributed by atoms with van der Waals surface area (Å²) in [6.07, 6.45) is 0. The van der Waals surface area contributed by atoms with E-state index in [0.717, 1.165) is 5.56 Å². The fourth-order valence-corrected chi connectivity index (χ4v) is 1.02. The van der Waals surface area contributed by atoms with E-state index in [1.165, 1.54) is 0 Å². The summed E-state index contributed by atoms with van der Waals surface area (Å²) in [6, 6.07) is 9.58. The van der Waals surface area contributed by atoms with Crippen LogP contribution in [0.15, 0.2) is 30.3 Å². The summed E-state index contributed by atoms with van der Waals surface area (Å²) in [4.78, 5) is 1.93. The van der Waals surface area contributed by atoms with Gasteiger partial charge in [-0.25, -0.2) is 0 Å². The van der Waals surface area contributed by atoms with Crippen molar-refractivity contribution in [3.05, 3.63) is 41.3 Å². The summed E-state index contributed by atoms with van der Waals surface area (Å²) in [6.45, 7) is 0.587. The van der Waals surface area contributed by atoms with E-state index in [2.05, 4.69) is 0 Å². The first-order valence-corrected chi connectivity index (χ1v) is 3.95. The van der Waals surface area contributed by atoms with Gasteiger partial charge in [0.1, 0.15) is 0 Å². The molecular weight excluding hydrogens is 212 g/mol. The Morgan fingerprint density at radius 2 is 1.77 bits per heavy atom. The van der Waals surface area contributed by atoms with Crippen LogP contribution in [0.4, 0.5) is 0 Å². The van der Waals surface area contributed by atoms with Gasteiger partial charge in [0.15, 0.2) is 0 Å². The minimum Gasteiger partial charge on any atom is -0.806 e. The summed E-state index contributed by atoms with van der Waals surface area (Å²) < 4.78 is 0. The molecule has 0 bridgehead atoms. The molecule has 0 radical (unpaired) electrons. The summed E-state index contributed by atoms with van der Waals surface area (Å²) in [7, 11) is 3.86. The van der Waals surface area contributed by atoms with Crippen LogP contribution in [0.25, 0.3) is 5.41 Å². The Morgan fingerprint density at radius 3 is 2.23 bits per heavy atom. The fourth-order valence-electron chi connectivity index (χ4n) is 1.02. The van der Waals surface area contributed by atoms with E-state index in [1.54, 1.807) is 0 Å². The number of likely N-dealkylation sites (N-methyl/N-ethyl adjacent to an activating group) is 1. The second-order valence-corrected chi connectivity index (χ2v) is 3.05. The van der Waals surface area contributed by atoms with Crippen molar-refractivity contribution >= 4 is 5.71 Å². The maximum Gasteiger partial charge on any atom is 1.00 e. The van der Waals surface area contributed by atoms with Crippen molar-refractivity contribution in [2.75, 3.05) is 20.6 Å². The number of hydrogen-bond acceptors (Lipinski definition) is 1. The molecule has 0 saturated heterocycles. The van der Waals surface area contributed by atoms with Gasteiger partial charge in [0.25, 0.3) is 0 Å². The Morgan fingerprint density at radius 1 is 1.23 bits per heavy atom. The normalized spacial score (nSPS) is 9.46. The summed E-state index contributed by atoms with van der Waals surface area (Å²) >= 11 is 0. The Labute approximate surface area is 89.9 Å². The summed E-state index contributed by atoms with van der Waals surface area (Å²) in [5.74, 6) is 0. The maximum absolute atomic E-state index is 9.57. The predicted molar refractivity (Wildman–Crippen MR) is 52.5 cm³/mol. The second-order valence-electron chi connectivity index (χ2n) is 3.05. The van der Waals surface area contributed by atoms with Gasteiger partial charge in [-0.2, -0.15) is 5.71 Å². The molecular formula is C10H13CuN2. The molecule has 74 valence electrons. The molecule has 1 aromatic carbocycles. The van der Waals surface area contributed by atoms with Gasteiger partial charge >= 0.3 is 17.1 Å². The van der Waals surface area contributed by atoms with Gasteiger partial charge in [-0.15, -0.1) is 0 Å². The molecule has 0 fully saturated rings. The fraction of sp³-hybridized carbons (Fsp3) is 0.300. The van der Waals surface area contributed by atoms with Gasteiger partial charge in [0, 0.05) is 6.54 Å². The van der Waals surface area contributed by atoms with E-state index < -0.39 is 0 Å². The van der Waals surface area contributed by atoms with Crippen molar-refractivity contribution in [3.63, 3.8) is 0 Å². The van der Waals surface area contributed by atoms with Gasteiger partial charge in [0.2, 0.25) is 0 Å². The maximum atomic E-state index is 9.57. The van der Waals surface area contributed by atoms with E-state index >= 15 is 0 Å². The van der Waals surface area contributed by atoms with Gasteiger partial charge in [-0.3, -0.25) is 0 Å². The first kappa shape index (κ1) is 12.4. The number of hydrogen-bond donors (Lipinski definition) is 0. The van der Waals surface area contributed by atoms with E-state index in [0.29, 0.717) is 12.3 Å². The molecule has 0 atom stereocenters. The molecule has 0 spiro atoms. The van der Waals surface area contributed by atoms with Crippen LogP contribution in [-0.4, -0.2) is 31.3 Å². The Kier molecular flexibility index (Phi) is 5.63. The van der Waals surface area contributed by atoms with Gasteiger partial charge in [-0.1, -0.05) is 30.3 Å². The zero-order chi connectivity index (χ0) is 8.97. The van der Waals surface area contributed by atoms with E-state index in [-0.39, 0.29) is 17.1 Å². The molecule has 2 nitrogen and oxygen atoms in total. The van der Waals surface area contributed by atoms with Crippen molar-refractivity contribution in [3.8, 4) is 0 Å². The van der Waals surface area contributed by atoms with Crippen molar-refractivity contribution in [1.29, 1.82) is 0 Å². The van der Waals surface area contributed by atoms with Crippen LogP contribution in [0.2, 0.25) is 0 Å². The Hall–Kier alpha value is -0.631. The molecule has 0 aliphatic heterocycles. The number of rotatable bonds is 3. The first-order valence-electron chi connectivity index (χ1n) is 3.95. The smallest absolute Gasteiger partial charge is 0.806 e. The van der Waals surface area contributed by atoms with Crippen molar-refractivity contribution in [1.82, 2.24) is 4.90 Å². The molecule has 0 amide bonds. The first-order chi connectivity index (χ1) is 5.70. The number of nitrogens with zero attached hydrogens (tertiary/aromatic N) is 2. The second kappa shape index (κ2) is 5.92. The standard InChI is InChI=1S/C10H13N2.Cu/c1-12(2)8-10(11)9-6-4-3-5-7-9;/h3-7H,8H2,1-2H3;/q-1;+1. The third-order valence-corrected chi connectivity index (χ3v) is 1.57. The topological polar surface area (TPSA) is 25.5 Å². The van der Waals surface area contributed by atoms with Crippen LogP contribution in [0.5, 0.6) is 0 Å². The molecule has 1 rings (SSSR count). The molecule has 0 unspecified atom stereocenters. The van der Waals surface area contributed by atoms with Crippen molar-refractivity contribution in [2.45, 2.75) is 0 Å². The summed E-state index contributed by atoms with van der Waals surface area (Å²) in [5, 5.41) is 9.57. The van der Waals surface area contributed by atoms with E-state index in [9.17, 15) is 5.41 Å². The van der Waals surface area contributed by atoms with Crippen molar-refractivity contribution < 1.29 is 17.1 Å². The minimum atomic E-state index is 0. The number of benzene rings is 1. The Balaban J connectivity index is 0.00000144. The third kappa shape index (κ3) is 4.23. The quantitative estimate of drug-likeness (QED) is 0.566. The van der Waals surface area contributed by atoms with Crippen molar-refractivity contribution in [2.24, 2.45) is 0 Å². The average molecular weight is 225 g/mol. The van der Waals surface area contributed by atoms with Crippen LogP contribution in [0, 0.1) is 0 Å². The average Bonchev–Trinajstić information content (AvgIpc) is 2.05. The molecule has 0 aliphatic carbocycles. The van der Waals surface area contributed by atoms with Crippen LogP contribution in [0.1, 0.15) is 5.56 Å². The summed E-state index contributed by atoms with van der Waals surface area (Å²) in [5.41, 5.74) is 1.31. The molecule has 1 aromatic rings. The van der Waals surface area contributed by atoms with Gasteiger partial charge < -0.3 is 10.3 Å². The van der Waals surface area contributed by atoms with E-state index in [1.807, 2.05) is 49.3 Å². The van der Waals surface area contributed by atoms with Gasteiger partial charge in [-0.05, 0) is 19.7 Å². The molecule has 0 N–H and O–H groups in total. The zero-order valence-electron chi connectivity index (χ0n) is 7.79. The van der Waals surface area contributed by atoms with Gasteiger partial charge in [0.05, 0.1) is 0 Å². The molecule has 0 saturated carbocycles. The zero-order valence-corrected chi connectivity index (χ0v) is 8.73. The monoisotopic (exact) mass is 224 g/mol.